The predicted molar refractivity (Wildman–Crippen MR) is 55.9 cm³/mol. The second kappa shape index (κ2) is 3.91. The van der Waals surface area contributed by atoms with E-state index >= 15 is 0 Å². The van der Waals surface area contributed by atoms with Gasteiger partial charge in [-0.25, -0.2) is 0 Å². The number of carbonyl (C=O) groups excluding carboxylic acids is 2. The average Bonchev–Trinajstić information content (AvgIpc) is 2.02. The van der Waals surface area contributed by atoms with Crippen LogP contribution in [0.25, 0.3) is 0 Å². The van der Waals surface area contributed by atoms with Crippen LogP contribution in [0.2, 0.25) is 0 Å². The molecule has 0 N–H and O–H groups in total. The Balaban J connectivity index is 2.77. The first kappa shape index (κ1) is 10.9. The number of rotatable bonds is 3. The van der Waals surface area contributed by atoms with Crippen LogP contribution < -0.4 is 0 Å². The molecular weight excluding hydrogens is 176 g/mol. The van der Waals surface area contributed by atoms with Crippen molar-refractivity contribution in [3.05, 3.63) is 23.8 Å². The van der Waals surface area contributed by atoms with E-state index in [-0.39, 0.29) is 18.0 Å². The van der Waals surface area contributed by atoms with Crippen molar-refractivity contribution in [2.24, 2.45) is 5.41 Å². The van der Waals surface area contributed by atoms with Crippen molar-refractivity contribution in [1.29, 1.82) is 0 Å². The van der Waals surface area contributed by atoms with Gasteiger partial charge in [-0.2, -0.15) is 0 Å². The van der Waals surface area contributed by atoms with Gasteiger partial charge in [0.05, 0.1) is 6.42 Å². The van der Waals surface area contributed by atoms with Gasteiger partial charge in [0, 0.05) is 5.41 Å². The number of hydrogen-bond acceptors (Lipinski definition) is 2. The summed E-state index contributed by atoms with van der Waals surface area (Å²) in [5.74, 6) is -0.0365. The molecule has 1 rings (SSSR count). The van der Waals surface area contributed by atoms with Gasteiger partial charge in [-0.3, -0.25) is 9.59 Å². The molecule has 1 unspecified atom stereocenters. The van der Waals surface area contributed by atoms with E-state index in [9.17, 15) is 9.59 Å². The van der Waals surface area contributed by atoms with Gasteiger partial charge in [0.1, 0.15) is 11.6 Å². The third-order valence-corrected chi connectivity index (χ3v) is 2.54. The van der Waals surface area contributed by atoms with Crippen LogP contribution in [0, 0.1) is 5.41 Å². The second-order valence-electron chi connectivity index (χ2n) is 4.27. The third kappa shape index (κ3) is 2.41. The highest BCUT2D eigenvalue weighted by molar-refractivity contribution is 6.01. The van der Waals surface area contributed by atoms with Crippen molar-refractivity contribution in [2.75, 3.05) is 0 Å². The summed E-state index contributed by atoms with van der Waals surface area (Å²) in [6.45, 7) is 5.35. The van der Waals surface area contributed by atoms with E-state index in [1.807, 2.05) is 32.1 Å². The maximum absolute atomic E-state index is 11.8. The Bertz CT molecular complexity index is 323. The number of carbonyl (C=O) groups is 2. The Morgan fingerprint density at radius 3 is 2.64 bits per heavy atom. The molecule has 0 bridgehead atoms. The lowest BCUT2D eigenvalue weighted by Crippen LogP contribution is -2.28. The van der Waals surface area contributed by atoms with Gasteiger partial charge >= 0.3 is 0 Å². The van der Waals surface area contributed by atoms with Crippen LogP contribution in [0.5, 0.6) is 0 Å². The standard InChI is InChI=1S/C12H16O2/c1-9-5-4-6-12(3,8-9)11(14)7-10(2)13/h4-6H,7-8H2,1-3H3. The van der Waals surface area contributed by atoms with E-state index < -0.39 is 5.41 Å². The second-order valence-corrected chi connectivity index (χ2v) is 4.27. The van der Waals surface area contributed by atoms with E-state index in [0.29, 0.717) is 0 Å². The summed E-state index contributed by atoms with van der Waals surface area (Å²) in [4.78, 5) is 22.6. The maximum atomic E-state index is 11.8. The molecule has 0 amide bonds. The highest BCUT2D eigenvalue weighted by Gasteiger charge is 2.31. The normalized spacial score (nSPS) is 25.8. The molecule has 76 valence electrons. The average molecular weight is 192 g/mol. The first-order valence-electron chi connectivity index (χ1n) is 4.82. The highest BCUT2D eigenvalue weighted by atomic mass is 16.1. The van der Waals surface area contributed by atoms with Gasteiger partial charge in [-0.15, -0.1) is 0 Å². The molecule has 0 aromatic carbocycles. The van der Waals surface area contributed by atoms with Crippen molar-refractivity contribution in [2.45, 2.75) is 33.6 Å². The molecule has 1 atom stereocenters. The third-order valence-electron chi connectivity index (χ3n) is 2.54. The number of ketones is 2. The molecule has 0 heterocycles. The Morgan fingerprint density at radius 2 is 2.14 bits per heavy atom. The summed E-state index contributed by atoms with van der Waals surface area (Å²) < 4.78 is 0. The van der Waals surface area contributed by atoms with Crippen LogP contribution in [0.4, 0.5) is 0 Å². The van der Waals surface area contributed by atoms with Crippen LogP contribution in [-0.4, -0.2) is 11.6 Å². The Hall–Kier alpha value is -1.18. The van der Waals surface area contributed by atoms with E-state index in [1.54, 1.807) is 0 Å². The van der Waals surface area contributed by atoms with Crippen LogP contribution >= 0.6 is 0 Å². The summed E-state index contributed by atoms with van der Waals surface area (Å²) in [5, 5.41) is 0. The maximum Gasteiger partial charge on any atom is 0.150 e. The van der Waals surface area contributed by atoms with Crippen LogP contribution in [0.3, 0.4) is 0 Å². The van der Waals surface area contributed by atoms with E-state index in [4.69, 9.17) is 0 Å². The molecule has 0 saturated heterocycles. The van der Waals surface area contributed by atoms with E-state index in [1.165, 1.54) is 12.5 Å². The predicted octanol–water partition coefficient (Wildman–Crippen LogP) is 2.45. The molecule has 0 aromatic heterocycles. The SMILES string of the molecule is CC(=O)CC(=O)C1(C)C=CC=C(C)C1. The minimum atomic E-state index is -0.468. The van der Waals surface area contributed by atoms with Crippen molar-refractivity contribution in [1.82, 2.24) is 0 Å². The van der Waals surface area contributed by atoms with Crippen molar-refractivity contribution in [3.8, 4) is 0 Å². The molecular formula is C12H16O2. The number of hydrogen-bond donors (Lipinski definition) is 0. The molecule has 0 fully saturated rings. The van der Waals surface area contributed by atoms with Gasteiger partial charge in [0.15, 0.2) is 0 Å². The zero-order valence-electron chi connectivity index (χ0n) is 8.96. The molecule has 0 radical (unpaired) electrons. The first-order chi connectivity index (χ1) is 6.44. The molecule has 0 saturated carbocycles. The van der Waals surface area contributed by atoms with E-state index in [0.717, 1.165) is 6.42 Å². The summed E-state index contributed by atoms with van der Waals surface area (Å²) in [7, 11) is 0. The quantitative estimate of drug-likeness (QED) is 0.644. The van der Waals surface area contributed by atoms with Crippen molar-refractivity contribution < 1.29 is 9.59 Å². The molecule has 0 aromatic rings. The molecule has 14 heavy (non-hydrogen) atoms. The monoisotopic (exact) mass is 192 g/mol. The molecule has 2 heteroatoms. The summed E-state index contributed by atoms with van der Waals surface area (Å²) in [5.41, 5.74) is 0.719. The molecule has 0 aliphatic heterocycles. The van der Waals surface area contributed by atoms with Gasteiger partial charge in [-0.05, 0) is 27.2 Å². The van der Waals surface area contributed by atoms with Gasteiger partial charge in [0.25, 0.3) is 0 Å². The zero-order valence-corrected chi connectivity index (χ0v) is 8.96. The number of Topliss-reactive ketones (excluding diaryl/α,β-unsaturated/α-hetero) is 2. The Labute approximate surface area is 84.7 Å². The smallest absolute Gasteiger partial charge is 0.150 e. The molecule has 0 spiro atoms. The molecule has 2 nitrogen and oxygen atoms in total. The summed E-state index contributed by atoms with van der Waals surface area (Å²) in [6, 6.07) is 0. The lowest BCUT2D eigenvalue weighted by atomic mass is 9.76. The van der Waals surface area contributed by atoms with Crippen LogP contribution in [0.1, 0.15) is 33.6 Å². The summed E-state index contributed by atoms with van der Waals surface area (Å²) >= 11 is 0. The summed E-state index contributed by atoms with van der Waals surface area (Å²) in [6.07, 6.45) is 6.58. The van der Waals surface area contributed by atoms with Crippen LogP contribution in [0.15, 0.2) is 23.8 Å². The lowest BCUT2D eigenvalue weighted by Gasteiger charge is -2.26. The fraction of sp³-hybridized carbons (Fsp3) is 0.500. The van der Waals surface area contributed by atoms with Crippen molar-refractivity contribution >= 4 is 11.6 Å². The van der Waals surface area contributed by atoms with E-state index in [2.05, 4.69) is 0 Å². The lowest BCUT2D eigenvalue weighted by molar-refractivity contribution is -0.130. The fourth-order valence-corrected chi connectivity index (χ4v) is 1.74. The minimum Gasteiger partial charge on any atom is -0.300 e. The van der Waals surface area contributed by atoms with Gasteiger partial charge in [0.2, 0.25) is 0 Å². The Kier molecular flexibility index (Phi) is 3.04. The number of allylic oxidation sites excluding steroid dienone is 4. The zero-order chi connectivity index (χ0) is 10.8. The first-order valence-corrected chi connectivity index (χ1v) is 4.82. The van der Waals surface area contributed by atoms with Gasteiger partial charge < -0.3 is 0 Å². The van der Waals surface area contributed by atoms with Crippen molar-refractivity contribution in [3.63, 3.8) is 0 Å². The molecule has 1 aliphatic rings. The van der Waals surface area contributed by atoms with Crippen LogP contribution in [-0.2, 0) is 9.59 Å². The van der Waals surface area contributed by atoms with Gasteiger partial charge in [-0.1, -0.05) is 23.8 Å². The molecule has 1 aliphatic carbocycles. The highest BCUT2D eigenvalue weighted by Crippen LogP contribution is 2.32. The Morgan fingerprint density at radius 1 is 1.50 bits per heavy atom. The fourth-order valence-electron chi connectivity index (χ4n) is 1.74. The largest absolute Gasteiger partial charge is 0.300 e. The minimum absolute atomic E-state index is 0.0219. The topological polar surface area (TPSA) is 34.1 Å².